The van der Waals surface area contributed by atoms with Crippen molar-refractivity contribution in [1.29, 1.82) is 0 Å². The van der Waals surface area contributed by atoms with Crippen molar-refractivity contribution in [3.63, 3.8) is 0 Å². The summed E-state index contributed by atoms with van der Waals surface area (Å²) in [4.78, 5) is 30.8. The Hall–Kier alpha value is -3.71. The Bertz CT molecular complexity index is 1260. The van der Waals surface area contributed by atoms with Crippen LogP contribution in [-0.2, 0) is 27.4 Å². The summed E-state index contributed by atoms with van der Waals surface area (Å²) in [5, 5.41) is 4.40. The number of esters is 1. The van der Waals surface area contributed by atoms with E-state index in [4.69, 9.17) is 9.47 Å². The van der Waals surface area contributed by atoms with Crippen molar-refractivity contribution in [3.8, 4) is 5.75 Å². The summed E-state index contributed by atoms with van der Waals surface area (Å²) in [6.07, 6.45) is 0.180. The molecule has 0 atom stereocenters. The lowest BCUT2D eigenvalue weighted by molar-refractivity contribution is -0.144. The molecule has 0 aliphatic heterocycles. The van der Waals surface area contributed by atoms with Crippen LogP contribution < -0.4 is 9.64 Å². The number of nitrogens with zero attached hydrogens (tertiary/aromatic N) is 2. The Balaban J connectivity index is 1.45. The van der Waals surface area contributed by atoms with Gasteiger partial charge in [0, 0.05) is 12.3 Å². The first-order valence-corrected chi connectivity index (χ1v) is 10.9. The van der Waals surface area contributed by atoms with Gasteiger partial charge in [0.1, 0.15) is 12.4 Å². The molecule has 0 N–H and O–H groups in total. The monoisotopic (exact) mass is 446 g/mol. The number of fused-ring (bicyclic) bond motifs is 1. The van der Waals surface area contributed by atoms with Crippen LogP contribution in [0.2, 0.25) is 0 Å². The summed E-state index contributed by atoms with van der Waals surface area (Å²) < 4.78 is 10.8. The molecule has 0 saturated heterocycles. The maximum absolute atomic E-state index is 12.5. The first kappa shape index (κ1) is 21.5. The standard InChI is InChI=1S/C25H22N2O4S/c1-17(28)27(22-12-5-6-13-23(22)30-2)25-26-20(16-32-25)15-31-24(29)14-19-10-7-9-18-8-3-4-11-21(18)19/h3-13,16H,14-15H2,1-2H3. The zero-order valence-electron chi connectivity index (χ0n) is 17.8. The first-order valence-electron chi connectivity index (χ1n) is 10.1. The molecule has 1 aromatic heterocycles. The number of aromatic nitrogens is 1. The van der Waals surface area contributed by atoms with Gasteiger partial charge in [0.2, 0.25) is 5.91 Å². The van der Waals surface area contributed by atoms with Gasteiger partial charge in [0.05, 0.1) is 24.9 Å². The van der Waals surface area contributed by atoms with Crippen molar-refractivity contribution in [2.45, 2.75) is 20.0 Å². The summed E-state index contributed by atoms with van der Waals surface area (Å²) in [5.41, 5.74) is 2.11. The van der Waals surface area contributed by atoms with Crippen LogP contribution in [0.3, 0.4) is 0 Å². The molecule has 1 amide bonds. The molecule has 4 rings (SSSR count). The minimum atomic E-state index is -0.330. The second-order valence-corrected chi connectivity index (χ2v) is 7.96. The number of anilines is 2. The summed E-state index contributed by atoms with van der Waals surface area (Å²) >= 11 is 1.30. The second kappa shape index (κ2) is 9.62. The van der Waals surface area contributed by atoms with Crippen molar-refractivity contribution >= 4 is 44.8 Å². The molecule has 0 radical (unpaired) electrons. The van der Waals surface area contributed by atoms with Gasteiger partial charge in [0.15, 0.2) is 5.13 Å². The van der Waals surface area contributed by atoms with Crippen LogP contribution in [0.5, 0.6) is 5.75 Å². The number of methoxy groups -OCH3 is 1. The molecule has 4 aromatic rings. The van der Waals surface area contributed by atoms with Crippen molar-refractivity contribution in [3.05, 3.63) is 83.4 Å². The lowest BCUT2D eigenvalue weighted by atomic mass is 10.0. The predicted octanol–water partition coefficient (Wildman–Crippen LogP) is 5.28. The van der Waals surface area contributed by atoms with E-state index in [-0.39, 0.29) is 24.9 Å². The molecule has 0 spiro atoms. The number of ether oxygens (including phenoxy) is 2. The Morgan fingerprint density at radius 3 is 2.56 bits per heavy atom. The minimum absolute atomic E-state index is 0.0395. The van der Waals surface area contributed by atoms with Crippen LogP contribution >= 0.6 is 11.3 Å². The number of hydrogen-bond donors (Lipinski definition) is 0. The molecule has 1 heterocycles. The molecule has 0 aliphatic rings. The van der Waals surface area contributed by atoms with Gasteiger partial charge in [0.25, 0.3) is 0 Å². The molecular weight excluding hydrogens is 424 g/mol. The second-order valence-electron chi connectivity index (χ2n) is 7.12. The third-order valence-electron chi connectivity index (χ3n) is 4.97. The molecule has 6 nitrogen and oxygen atoms in total. The highest BCUT2D eigenvalue weighted by molar-refractivity contribution is 7.14. The smallest absolute Gasteiger partial charge is 0.310 e. The van der Waals surface area contributed by atoms with E-state index in [9.17, 15) is 9.59 Å². The summed E-state index contributed by atoms with van der Waals surface area (Å²) in [6, 6.07) is 21.1. The van der Waals surface area contributed by atoms with Gasteiger partial charge in [-0.3, -0.25) is 14.5 Å². The maximum atomic E-state index is 12.5. The number of thiazole rings is 1. The Morgan fingerprint density at radius 2 is 1.75 bits per heavy atom. The minimum Gasteiger partial charge on any atom is -0.495 e. The van der Waals surface area contributed by atoms with Gasteiger partial charge >= 0.3 is 5.97 Å². The van der Waals surface area contributed by atoms with Gasteiger partial charge in [-0.15, -0.1) is 11.3 Å². The van der Waals surface area contributed by atoms with E-state index in [0.29, 0.717) is 22.3 Å². The number of carbonyl (C=O) groups is 2. The van der Waals surface area contributed by atoms with Crippen LogP contribution in [0.15, 0.2) is 72.1 Å². The highest BCUT2D eigenvalue weighted by Gasteiger charge is 2.21. The fourth-order valence-corrected chi connectivity index (χ4v) is 4.36. The van der Waals surface area contributed by atoms with Crippen LogP contribution in [0.25, 0.3) is 10.8 Å². The van der Waals surface area contributed by atoms with E-state index in [2.05, 4.69) is 4.98 Å². The molecule has 7 heteroatoms. The molecular formula is C25H22N2O4S. The largest absolute Gasteiger partial charge is 0.495 e. The number of carbonyl (C=O) groups excluding carboxylic acids is 2. The van der Waals surface area contributed by atoms with Gasteiger partial charge in [-0.05, 0) is 28.5 Å². The van der Waals surface area contributed by atoms with Crippen LogP contribution in [-0.4, -0.2) is 24.0 Å². The van der Waals surface area contributed by atoms with E-state index in [0.717, 1.165) is 16.3 Å². The first-order chi connectivity index (χ1) is 15.6. The lowest BCUT2D eigenvalue weighted by Crippen LogP contribution is -2.23. The topological polar surface area (TPSA) is 68.7 Å². The normalized spacial score (nSPS) is 10.7. The average Bonchev–Trinajstić information content (AvgIpc) is 3.26. The van der Waals surface area contributed by atoms with E-state index in [1.165, 1.54) is 23.2 Å². The maximum Gasteiger partial charge on any atom is 0.310 e. The lowest BCUT2D eigenvalue weighted by Gasteiger charge is -2.20. The van der Waals surface area contributed by atoms with Crippen molar-refractivity contribution in [1.82, 2.24) is 4.98 Å². The Kier molecular flexibility index (Phi) is 6.47. The molecule has 32 heavy (non-hydrogen) atoms. The summed E-state index contributed by atoms with van der Waals surface area (Å²) in [6.45, 7) is 1.51. The van der Waals surface area contributed by atoms with E-state index in [1.807, 2.05) is 54.6 Å². The third kappa shape index (κ3) is 4.63. The molecule has 0 unspecified atom stereocenters. The fraction of sp³-hybridized carbons (Fsp3) is 0.160. The zero-order chi connectivity index (χ0) is 22.5. The number of benzene rings is 3. The number of rotatable bonds is 7. The van der Waals surface area contributed by atoms with E-state index < -0.39 is 0 Å². The van der Waals surface area contributed by atoms with Crippen LogP contribution in [0.4, 0.5) is 10.8 Å². The summed E-state index contributed by atoms with van der Waals surface area (Å²) in [5.74, 6) is 0.0494. The van der Waals surface area contributed by atoms with Crippen molar-refractivity contribution in [2.75, 3.05) is 12.0 Å². The van der Waals surface area contributed by atoms with Gasteiger partial charge in [-0.1, -0.05) is 54.6 Å². The highest BCUT2D eigenvalue weighted by atomic mass is 32.1. The molecule has 0 saturated carbocycles. The third-order valence-corrected chi connectivity index (χ3v) is 5.84. The predicted molar refractivity (Wildman–Crippen MR) is 125 cm³/mol. The molecule has 0 aliphatic carbocycles. The van der Waals surface area contributed by atoms with Crippen molar-refractivity contribution in [2.24, 2.45) is 0 Å². The van der Waals surface area contributed by atoms with E-state index in [1.54, 1.807) is 24.6 Å². The van der Waals surface area contributed by atoms with Gasteiger partial charge in [-0.2, -0.15) is 0 Å². The number of hydrogen-bond acceptors (Lipinski definition) is 6. The average molecular weight is 447 g/mol. The van der Waals surface area contributed by atoms with Crippen molar-refractivity contribution < 1.29 is 19.1 Å². The number of amides is 1. The molecule has 3 aromatic carbocycles. The van der Waals surface area contributed by atoms with Gasteiger partial charge in [-0.25, -0.2) is 4.98 Å². The SMILES string of the molecule is COc1ccccc1N(C(C)=O)c1nc(COC(=O)Cc2cccc3ccccc23)cs1. The van der Waals surface area contributed by atoms with Crippen LogP contribution in [0, 0.1) is 0 Å². The molecule has 162 valence electrons. The number of para-hydroxylation sites is 2. The molecule has 0 bridgehead atoms. The highest BCUT2D eigenvalue weighted by Crippen LogP contribution is 2.35. The van der Waals surface area contributed by atoms with Crippen LogP contribution in [0.1, 0.15) is 18.2 Å². The molecule has 0 fully saturated rings. The Morgan fingerprint density at radius 1 is 1.00 bits per heavy atom. The zero-order valence-corrected chi connectivity index (χ0v) is 18.6. The Labute approximate surface area is 190 Å². The van der Waals surface area contributed by atoms with Gasteiger partial charge < -0.3 is 9.47 Å². The summed E-state index contributed by atoms with van der Waals surface area (Å²) in [7, 11) is 1.56. The fourth-order valence-electron chi connectivity index (χ4n) is 3.49. The quantitative estimate of drug-likeness (QED) is 0.362. The van der Waals surface area contributed by atoms with E-state index >= 15 is 0 Å².